The largest absolute Gasteiger partial charge is 0.311 e. The summed E-state index contributed by atoms with van der Waals surface area (Å²) in [5.74, 6) is 0.943. The Kier molecular flexibility index (Phi) is 3.13. The highest BCUT2D eigenvalue weighted by molar-refractivity contribution is 4.93. The zero-order valence-corrected chi connectivity index (χ0v) is 9.79. The first-order valence-electron chi connectivity index (χ1n) is 6.17. The van der Waals surface area contributed by atoms with Gasteiger partial charge in [0.1, 0.15) is 0 Å². The van der Waals surface area contributed by atoms with Crippen molar-refractivity contribution in [2.45, 2.75) is 58.2 Å². The van der Waals surface area contributed by atoms with Gasteiger partial charge in [0.15, 0.2) is 0 Å². The third kappa shape index (κ3) is 2.48. The van der Waals surface area contributed by atoms with Gasteiger partial charge in [0.05, 0.1) is 0 Å². The lowest BCUT2D eigenvalue weighted by molar-refractivity contribution is 0.160. The molecule has 82 valence electrons. The smallest absolute Gasteiger partial charge is 0.00989 e. The lowest BCUT2D eigenvalue weighted by Crippen LogP contribution is -2.45. The summed E-state index contributed by atoms with van der Waals surface area (Å²) in [4.78, 5) is 2.59. The van der Waals surface area contributed by atoms with Gasteiger partial charge in [-0.1, -0.05) is 6.92 Å². The van der Waals surface area contributed by atoms with Crippen molar-refractivity contribution in [3.63, 3.8) is 0 Å². The van der Waals surface area contributed by atoms with Crippen molar-refractivity contribution in [1.29, 1.82) is 0 Å². The van der Waals surface area contributed by atoms with Gasteiger partial charge < -0.3 is 10.2 Å². The van der Waals surface area contributed by atoms with Crippen LogP contribution < -0.4 is 5.32 Å². The summed E-state index contributed by atoms with van der Waals surface area (Å²) < 4.78 is 0. The van der Waals surface area contributed by atoms with Crippen LogP contribution in [0.4, 0.5) is 0 Å². The molecule has 0 spiro atoms. The third-order valence-corrected chi connectivity index (χ3v) is 3.82. The Morgan fingerprint density at radius 2 is 1.79 bits per heavy atom. The molecular weight excluding hydrogens is 172 g/mol. The molecule has 1 heterocycles. The van der Waals surface area contributed by atoms with Crippen LogP contribution in [0.3, 0.4) is 0 Å². The van der Waals surface area contributed by atoms with Crippen LogP contribution in [0.15, 0.2) is 0 Å². The van der Waals surface area contributed by atoms with Crippen LogP contribution in [0.5, 0.6) is 0 Å². The molecule has 0 aromatic rings. The van der Waals surface area contributed by atoms with E-state index in [9.17, 15) is 0 Å². The van der Waals surface area contributed by atoms with E-state index in [1.807, 2.05) is 0 Å². The van der Waals surface area contributed by atoms with E-state index in [0.717, 1.165) is 24.0 Å². The van der Waals surface area contributed by atoms with E-state index in [0.29, 0.717) is 0 Å². The molecule has 0 radical (unpaired) electrons. The summed E-state index contributed by atoms with van der Waals surface area (Å²) >= 11 is 0. The highest BCUT2D eigenvalue weighted by Crippen LogP contribution is 2.30. The average Bonchev–Trinajstić information content (AvgIpc) is 2.82. The van der Waals surface area contributed by atoms with Crippen molar-refractivity contribution in [2.24, 2.45) is 5.92 Å². The maximum Gasteiger partial charge on any atom is 0.00989 e. The fourth-order valence-electron chi connectivity index (χ4n) is 2.44. The lowest BCUT2D eigenvalue weighted by Gasteiger charge is -2.35. The molecule has 14 heavy (non-hydrogen) atoms. The first kappa shape index (κ1) is 10.4. The SMILES string of the molecule is CC1CC1NC1CCN(C(C)C)CC1. The molecule has 0 aromatic carbocycles. The van der Waals surface area contributed by atoms with Gasteiger partial charge in [0.25, 0.3) is 0 Å². The molecule has 2 atom stereocenters. The van der Waals surface area contributed by atoms with Gasteiger partial charge >= 0.3 is 0 Å². The highest BCUT2D eigenvalue weighted by Gasteiger charge is 2.34. The maximum atomic E-state index is 3.78. The van der Waals surface area contributed by atoms with Crippen molar-refractivity contribution >= 4 is 0 Å². The van der Waals surface area contributed by atoms with E-state index in [2.05, 4.69) is 31.0 Å². The Morgan fingerprint density at radius 1 is 1.21 bits per heavy atom. The Labute approximate surface area is 88.1 Å². The van der Waals surface area contributed by atoms with E-state index in [-0.39, 0.29) is 0 Å². The number of hydrogen-bond donors (Lipinski definition) is 1. The molecule has 1 saturated carbocycles. The zero-order chi connectivity index (χ0) is 10.1. The normalized spacial score (nSPS) is 35.1. The fraction of sp³-hybridized carbons (Fsp3) is 1.00. The molecule has 1 N–H and O–H groups in total. The number of nitrogens with zero attached hydrogens (tertiary/aromatic N) is 1. The van der Waals surface area contributed by atoms with Crippen LogP contribution in [0.2, 0.25) is 0 Å². The summed E-state index contributed by atoms with van der Waals surface area (Å²) in [7, 11) is 0. The minimum atomic E-state index is 0.732. The van der Waals surface area contributed by atoms with Gasteiger partial charge in [-0.2, -0.15) is 0 Å². The van der Waals surface area contributed by atoms with Gasteiger partial charge in [-0.05, 0) is 52.1 Å². The number of nitrogens with one attached hydrogen (secondary N) is 1. The molecule has 1 aliphatic heterocycles. The van der Waals surface area contributed by atoms with E-state index < -0.39 is 0 Å². The van der Waals surface area contributed by atoms with Gasteiger partial charge in [-0.25, -0.2) is 0 Å². The molecule has 2 heteroatoms. The molecule has 2 fully saturated rings. The Morgan fingerprint density at radius 3 is 2.21 bits per heavy atom. The molecule has 0 aromatic heterocycles. The monoisotopic (exact) mass is 196 g/mol. The predicted octanol–water partition coefficient (Wildman–Crippen LogP) is 1.86. The zero-order valence-electron chi connectivity index (χ0n) is 9.79. The maximum absolute atomic E-state index is 3.78. The first-order valence-corrected chi connectivity index (χ1v) is 6.17. The Hall–Kier alpha value is -0.0800. The van der Waals surface area contributed by atoms with Crippen LogP contribution in [-0.4, -0.2) is 36.1 Å². The summed E-state index contributed by atoms with van der Waals surface area (Å²) in [5.41, 5.74) is 0. The first-order chi connectivity index (χ1) is 6.66. The number of hydrogen-bond acceptors (Lipinski definition) is 2. The number of rotatable bonds is 3. The summed E-state index contributed by atoms with van der Waals surface area (Å²) in [6.07, 6.45) is 4.10. The molecule has 1 aliphatic carbocycles. The van der Waals surface area contributed by atoms with Crippen LogP contribution in [0, 0.1) is 5.92 Å². The second-order valence-corrected chi connectivity index (χ2v) is 5.39. The Bertz CT molecular complexity index is 183. The average molecular weight is 196 g/mol. The third-order valence-electron chi connectivity index (χ3n) is 3.82. The minimum absolute atomic E-state index is 0.732. The van der Waals surface area contributed by atoms with Gasteiger partial charge in [-0.15, -0.1) is 0 Å². The van der Waals surface area contributed by atoms with Crippen LogP contribution in [0.1, 0.15) is 40.0 Å². The molecular formula is C12H24N2. The molecule has 2 rings (SSSR count). The summed E-state index contributed by atoms with van der Waals surface area (Å²) in [5, 5.41) is 3.78. The standard InChI is InChI=1S/C12H24N2/c1-9(2)14-6-4-11(5-7-14)13-12-8-10(12)3/h9-13H,4-8H2,1-3H3. The molecule has 1 saturated heterocycles. The topological polar surface area (TPSA) is 15.3 Å². The number of likely N-dealkylation sites (tertiary alicyclic amines) is 1. The van der Waals surface area contributed by atoms with E-state index in [4.69, 9.17) is 0 Å². The summed E-state index contributed by atoms with van der Waals surface area (Å²) in [6.45, 7) is 9.53. The van der Waals surface area contributed by atoms with Crippen molar-refractivity contribution < 1.29 is 0 Å². The molecule has 2 aliphatic rings. The lowest BCUT2D eigenvalue weighted by atomic mass is 10.0. The van der Waals surface area contributed by atoms with E-state index in [1.54, 1.807) is 0 Å². The van der Waals surface area contributed by atoms with Crippen LogP contribution >= 0.6 is 0 Å². The molecule has 2 nitrogen and oxygen atoms in total. The van der Waals surface area contributed by atoms with E-state index >= 15 is 0 Å². The Balaban J connectivity index is 1.68. The second kappa shape index (κ2) is 4.19. The molecule has 0 amide bonds. The van der Waals surface area contributed by atoms with Crippen LogP contribution in [-0.2, 0) is 0 Å². The minimum Gasteiger partial charge on any atom is -0.311 e. The van der Waals surface area contributed by atoms with Crippen LogP contribution in [0.25, 0.3) is 0 Å². The van der Waals surface area contributed by atoms with Crippen molar-refractivity contribution in [3.8, 4) is 0 Å². The second-order valence-electron chi connectivity index (χ2n) is 5.39. The van der Waals surface area contributed by atoms with E-state index in [1.165, 1.54) is 32.4 Å². The molecule has 2 unspecified atom stereocenters. The van der Waals surface area contributed by atoms with Gasteiger partial charge in [-0.3, -0.25) is 0 Å². The van der Waals surface area contributed by atoms with Crippen molar-refractivity contribution in [2.75, 3.05) is 13.1 Å². The van der Waals surface area contributed by atoms with Gasteiger partial charge in [0, 0.05) is 18.1 Å². The molecule has 0 bridgehead atoms. The summed E-state index contributed by atoms with van der Waals surface area (Å²) in [6, 6.07) is 2.39. The van der Waals surface area contributed by atoms with Crippen molar-refractivity contribution in [1.82, 2.24) is 10.2 Å². The highest BCUT2D eigenvalue weighted by atomic mass is 15.2. The van der Waals surface area contributed by atoms with Gasteiger partial charge in [0.2, 0.25) is 0 Å². The number of piperidine rings is 1. The fourth-order valence-corrected chi connectivity index (χ4v) is 2.44. The van der Waals surface area contributed by atoms with Crippen molar-refractivity contribution in [3.05, 3.63) is 0 Å². The predicted molar refractivity (Wildman–Crippen MR) is 60.4 cm³/mol. The quantitative estimate of drug-likeness (QED) is 0.741.